The number of hydroxylamine groups is 1. The number of rotatable bonds is 11. The Morgan fingerprint density at radius 1 is 1.29 bits per heavy atom. The number of aliphatic hydroxyl groups excluding tert-OH is 2. The van der Waals surface area contributed by atoms with E-state index in [9.17, 15) is 25.3 Å². The molecule has 6 heteroatoms. The largest absolute Gasteiger partial charge is 0.481 e. The Hall–Kier alpha value is -0.690. The van der Waals surface area contributed by atoms with Gasteiger partial charge < -0.3 is 20.5 Å². The predicted molar refractivity (Wildman–Crippen MR) is 80.1 cm³/mol. The van der Waals surface area contributed by atoms with Crippen molar-refractivity contribution in [1.29, 1.82) is 0 Å². The van der Waals surface area contributed by atoms with E-state index in [2.05, 4.69) is 12.4 Å². The van der Waals surface area contributed by atoms with Gasteiger partial charge in [-0.1, -0.05) is 33.6 Å². The molecule has 5 atom stereocenters. The molecule has 0 radical (unpaired) electrons. The fourth-order valence-electron chi connectivity index (χ4n) is 2.65. The van der Waals surface area contributed by atoms with Gasteiger partial charge in [0.1, 0.15) is 0 Å². The molecule has 0 amide bonds. The van der Waals surface area contributed by atoms with E-state index in [1.807, 2.05) is 13.8 Å². The first-order chi connectivity index (χ1) is 9.73. The number of nitrogens with one attached hydrogen (secondary N) is 1. The number of unbranched alkanes of at least 4 members (excludes halogenated alkanes) is 1. The lowest BCUT2D eigenvalue weighted by Crippen LogP contribution is -2.47. The van der Waals surface area contributed by atoms with Crippen LogP contribution in [-0.4, -0.2) is 44.7 Å². The molecule has 5 N–H and O–H groups in total. The maximum Gasteiger partial charge on any atom is 0.309 e. The van der Waals surface area contributed by atoms with Crippen molar-refractivity contribution in [1.82, 2.24) is 5.48 Å². The number of hydrogen-bond acceptors (Lipinski definition) is 5. The molecule has 0 bridgehead atoms. The van der Waals surface area contributed by atoms with Crippen LogP contribution in [0.2, 0.25) is 0 Å². The van der Waals surface area contributed by atoms with Gasteiger partial charge in [-0.25, -0.2) is 5.48 Å². The minimum absolute atomic E-state index is 0.0615. The average molecular weight is 305 g/mol. The minimum Gasteiger partial charge on any atom is -0.481 e. The summed E-state index contributed by atoms with van der Waals surface area (Å²) in [7, 11) is 0. The van der Waals surface area contributed by atoms with Gasteiger partial charge in [0, 0.05) is 6.04 Å². The summed E-state index contributed by atoms with van der Waals surface area (Å²) >= 11 is 0. The monoisotopic (exact) mass is 305 g/mol. The van der Waals surface area contributed by atoms with Gasteiger partial charge in [-0.2, -0.15) is 0 Å². The van der Waals surface area contributed by atoms with Gasteiger partial charge in [-0.05, 0) is 31.6 Å². The van der Waals surface area contributed by atoms with Crippen LogP contribution >= 0.6 is 0 Å². The zero-order valence-electron chi connectivity index (χ0n) is 13.5. The summed E-state index contributed by atoms with van der Waals surface area (Å²) in [5.74, 6) is -2.29. The minimum atomic E-state index is -1.36. The van der Waals surface area contributed by atoms with Crippen LogP contribution in [0.4, 0.5) is 0 Å². The molecular weight excluding hydrogens is 274 g/mol. The molecule has 6 nitrogen and oxygen atoms in total. The van der Waals surface area contributed by atoms with Crippen LogP contribution in [0.5, 0.6) is 0 Å². The van der Waals surface area contributed by atoms with Gasteiger partial charge in [-0.15, -0.1) is 0 Å². The van der Waals surface area contributed by atoms with Crippen molar-refractivity contribution in [2.24, 2.45) is 11.3 Å². The summed E-state index contributed by atoms with van der Waals surface area (Å²) in [4.78, 5) is 11.3. The number of carboxylic acids is 1. The molecule has 126 valence electrons. The molecule has 0 aliphatic heterocycles. The van der Waals surface area contributed by atoms with E-state index in [4.69, 9.17) is 0 Å². The third-order valence-electron chi connectivity index (χ3n) is 4.62. The summed E-state index contributed by atoms with van der Waals surface area (Å²) in [6.45, 7) is 7.44. The van der Waals surface area contributed by atoms with Crippen molar-refractivity contribution in [3.8, 4) is 0 Å². The van der Waals surface area contributed by atoms with E-state index in [1.54, 1.807) is 0 Å². The highest BCUT2D eigenvalue weighted by Gasteiger charge is 2.38. The van der Waals surface area contributed by atoms with E-state index in [1.165, 1.54) is 6.92 Å². The fraction of sp³-hybridized carbons (Fsp3) is 0.933. The summed E-state index contributed by atoms with van der Waals surface area (Å²) in [5, 5.41) is 38.0. The Labute approximate surface area is 127 Å². The van der Waals surface area contributed by atoms with Crippen molar-refractivity contribution in [2.45, 2.75) is 78.0 Å². The summed E-state index contributed by atoms with van der Waals surface area (Å²) in [6, 6.07) is -0.455. The number of carbonyl (C=O) groups is 1. The van der Waals surface area contributed by atoms with Gasteiger partial charge in [0.15, 0.2) is 0 Å². The molecule has 0 aliphatic carbocycles. The summed E-state index contributed by atoms with van der Waals surface area (Å²) < 4.78 is 0. The van der Waals surface area contributed by atoms with Crippen molar-refractivity contribution in [3.63, 3.8) is 0 Å². The molecule has 0 saturated carbocycles. The first-order valence-corrected chi connectivity index (χ1v) is 7.72. The lowest BCUT2D eigenvalue weighted by molar-refractivity contribution is -0.150. The second kappa shape index (κ2) is 9.35. The van der Waals surface area contributed by atoms with Gasteiger partial charge in [0.05, 0.1) is 18.1 Å². The zero-order valence-corrected chi connectivity index (χ0v) is 13.5. The van der Waals surface area contributed by atoms with Gasteiger partial charge in [-0.3, -0.25) is 4.79 Å². The van der Waals surface area contributed by atoms with E-state index in [0.29, 0.717) is 0 Å². The highest BCUT2D eigenvalue weighted by atomic mass is 16.5. The van der Waals surface area contributed by atoms with Gasteiger partial charge in [0.25, 0.3) is 0 Å². The van der Waals surface area contributed by atoms with Crippen molar-refractivity contribution >= 4 is 5.97 Å². The molecule has 0 rings (SSSR count). The van der Waals surface area contributed by atoms with Gasteiger partial charge >= 0.3 is 5.97 Å². The Kier molecular flexibility index (Phi) is 9.04. The zero-order chi connectivity index (χ0) is 16.6. The van der Waals surface area contributed by atoms with Gasteiger partial charge in [0.2, 0.25) is 0 Å². The second-order valence-corrected chi connectivity index (χ2v) is 6.20. The normalized spacial score (nSPS) is 20.3. The first-order valence-electron chi connectivity index (χ1n) is 7.72. The fourth-order valence-corrected chi connectivity index (χ4v) is 2.65. The SMILES string of the molecule is CCCCC(C)(CC)[C@@H](CC(C(=O)O)C(O)C(C)O)NO. The lowest BCUT2D eigenvalue weighted by Gasteiger charge is -2.38. The molecule has 0 aromatic heterocycles. The van der Waals surface area contributed by atoms with E-state index >= 15 is 0 Å². The van der Waals surface area contributed by atoms with Crippen molar-refractivity contribution < 1.29 is 25.3 Å². The number of hydrogen-bond donors (Lipinski definition) is 5. The van der Waals surface area contributed by atoms with Crippen LogP contribution in [0.3, 0.4) is 0 Å². The molecule has 0 heterocycles. The smallest absolute Gasteiger partial charge is 0.309 e. The van der Waals surface area contributed by atoms with Crippen LogP contribution in [0.25, 0.3) is 0 Å². The lowest BCUT2D eigenvalue weighted by atomic mass is 9.72. The maximum atomic E-state index is 11.3. The molecule has 21 heavy (non-hydrogen) atoms. The van der Waals surface area contributed by atoms with Crippen molar-refractivity contribution in [2.75, 3.05) is 0 Å². The Bertz CT molecular complexity index is 310. The molecule has 4 unspecified atom stereocenters. The molecule has 0 aromatic carbocycles. The van der Waals surface area contributed by atoms with Crippen LogP contribution in [0.1, 0.15) is 59.8 Å². The van der Waals surface area contributed by atoms with Crippen molar-refractivity contribution in [3.05, 3.63) is 0 Å². The highest BCUT2D eigenvalue weighted by Crippen LogP contribution is 2.35. The quantitative estimate of drug-likeness (QED) is 0.372. The first kappa shape index (κ1) is 20.3. The summed E-state index contributed by atoms with van der Waals surface area (Å²) in [5.41, 5.74) is 1.96. The molecule has 0 aromatic rings. The third-order valence-corrected chi connectivity index (χ3v) is 4.62. The molecule has 0 saturated heterocycles. The Morgan fingerprint density at radius 2 is 1.86 bits per heavy atom. The molecule has 0 aliphatic rings. The predicted octanol–water partition coefficient (Wildman–Crippen LogP) is 1.77. The molecule has 0 spiro atoms. The topological polar surface area (TPSA) is 110 Å². The third kappa shape index (κ3) is 5.90. The Morgan fingerprint density at radius 3 is 2.19 bits per heavy atom. The number of aliphatic carboxylic acids is 1. The number of carboxylic acid groups (broad SMARTS) is 1. The van der Waals surface area contributed by atoms with Crippen LogP contribution in [-0.2, 0) is 4.79 Å². The summed E-state index contributed by atoms with van der Waals surface area (Å²) in [6.07, 6.45) is 1.22. The Balaban J connectivity index is 5.10. The van der Waals surface area contributed by atoms with Crippen LogP contribution in [0, 0.1) is 11.3 Å². The molecular formula is C15H31NO5. The van der Waals surface area contributed by atoms with Crippen LogP contribution in [0.15, 0.2) is 0 Å². The standard InChI is InChI=1S/C15H31NO5/c1-5-7-8-15(4,6-2)12(16-21)9-11(14(19)20)13(18)10(3)17/h10-13,16-18,21H,5-9H2,1-4H3,(H,19,20)/t10?,11?,12-,13?,15?/m1/s1. The van der Waals surface area contributed by atoms with E-state index < -0.39 is 30.1 Å². The molecule has 0 fully saturated rings. The maximum absolute atomic E-state index is 11.3. The van der Waals surface area contributed by atoms with E-state index in [-0.39, 0.29) is 11.8 Å². The van der Waals surface area contributed by atoms with E-state index in [0.717, 1.165) is 25.7 Å². The average Bonchev–Trinajstić information content (AvgIpc) is 2.44. The van der Waals surface area contributed by atoms with Crippen LogP contribution < -0.4 is 5.48 Å². The number of aliphatic hydroxyl groups is 2. The second-order valence-electron chi connectivity index (χ2n) is 6.20. The highest BCUT2D eigenvalue weighted by molar-refractivity contribution is 5.70.